The van der Waals surface area contributed by atoms with Crippen molar-refractivity contribution in [2.45, 2.75) is 0 Å². The highest BCUT2D eigenvalue weighted by molar-refractivity contribution is 6.36. The van der Waals surface area contributed by atoms with Gasteiger partial charge in [0.1, 0.15) is 0 Å². The number of fused-ring (bicyclic) bond motifs is 2. The van der Waals surface area contributed by atoms with Crippen molar-refractivity contribution >= 4 is 39.8 Å². The molecule has 0 amide bonds. The van der Waals surface area contributed by atoms with Gasteiger partial charge in [-0.15, -0.1) is 0 Å². The van der Waals surface area contributed by atoms with E-state index in [9.17, 15) is 4.79 Å². The van der Waals surface area contributed by atoms with Crippen molar-refractivity contribution in [3.63, 3.8) is 0 Å². The highest BCUT2D eigenvalue weighted by atomic mass is 35.5. The fourth-order valence-corrected chi connectivity index (χ4v) is 2.99. The molecule has 6 heteroatoms. The summed E-state index contributed by atoms with van der Waals surface area (Å²) in [5, 5.41) is 4.68. The van der Waals surface area contributed by atoms with E-state index in [0.29, 0.717) is 32.3 Å². The molecule has 2 aromatic carbocycles. The molecule has 108 valence electrons. The Balaban J connectivity index is 2.03. The second kappa shape index (κ2) is 4.87. The summed E-state index contributed by atoms with van der Waals surface area (Å²) in [5.74, 6) is 0. The van der Waals surface area contributed by atoms with Gasteiger partial charge >= 0.3 is 0 Å². The molecular weight excluding hydrogens is 321 g/mol. The minimum Gasteiger partial charge on any atom is -0.289 e. The van der Waals surface area contributed by atoms with Crippen molar-refractivity contribution in [3.05, 3.63) is 68.9 Å². The molecule has 4 nitrogen and oxygen atoms in total. The van der Waals surface area contributed by atoms with Crippen molar-refractivity contribution in [2.75, 3.05) is 0 Å². The van der Waals surface area contributed by atoms with Crippen LogP contribution in [0.3, 0.4) is 0 Å². The third-order valence-corrected chi connectivity index (χ3v) is 4.08. The Labute approximate surface area is 134 Å². The Hall–Kier alpha value is -2.30. The maximum Gasteiger partial charge on any atom is 0.280 e. The van der Waals surface area contributed by atoms with Crippen LogP contribution in [0.15, 0.2) is 53.3 Å². The zero-order valence-electron chi connectivity index (χ0n) is 11.2. The van der Waals surface area contributed by atoms with Gasteiger partial charge in [0.25, 0.3) is 5.56 Å². The maximum absolute atomic E-state index is 12.5. The molecule has 22 heavy (non-hydrogen) atoms. The summed E-state index contributed by atoms with van der Waals surface area (Å²) in [4.78, 5) is 17.0. The van der Waals surface area contributed by atoms with E-state index in [4.69, 9.17) is 23.2 Å². The zero-order chi connectivity index (χ0) is 15.3. The average molecular weight is 330 g/mol. The van der Waals surface area contributed by atoms with E-state index in [1.165, 1.54) is 4.52 Å². The highest BCUT2D eigenvalue weighted by Gasteiger charge is 2.11. The Morgan fingerprint density at radius 3 is 2.68 bits per heavy atom. The number of hydrogen-bond acceptors (Lipinski definition) is 2. The number of rotatable bonds is 1. The van der Waals surface area contributed by atoms with Gasteiger partial charge in [0.2, 0.25) is 0 Å². The number of hydrogen-bond donors (Lipinski definition) is 1. The molecule has 0 aliphatic carbocycles. The molecule has 0 aliphatic rings. The average Bonchev–Trinajstić information content (AvgIpc) is 2.91. The summed E-state index contributed by atoms with van der Waals surface area (Å²) in [6.45, 7) is 0. The van der Waals surface area contributed by atoms with Crippen molar-refractivity contribution in [3.8, 4) is 11.3 Å². The van der Waals surface area contributed by atoms with Crippen LogP contribution in [-0.4, -0.2) is 14.6 Å². The van der Waals surface area contributed by atoms with Crippen LogP contribution in [0.2, 0.25) is 10.0 Å². The first kappa shape index (κ1) is 13.4. The van der Waals surface area contributed by atoms with Crippen molar-refractivity contribution in [1.29, 1.82) is 0 Å². The van der Waals surface area contributed by atoms with Gasteiger partial charge < -0.3 is 0 Å². The van der Waals surface area contributed by atoms with Crippen LogP contribution in [-0.2, 0) is 0 Å². The number of nitrogens with one attached hydrogen (secondary N) is 1. The molecule has 4 aromatic rings. The number of aromatic amines is 1. The summed E-state index contributed by atoms with van der Waals surface area (Å²) in [6, 6.07) is 14.3. The van der Waals surface area contributed by atoms with Crippen molar-refractivity contribution in [2.24, 2.45) is 0 Å². The standard InChI is InChI=1S/C16H9Cl2N3O/c17-9-5-6-10(12(18)7-9)14-8-15-19-13-4-2-1-3-11(13)16(22)21(15)20-14/h1-8,20H. The van der Waals surface area contributed by atoms with E-state index in [1.807, 2.05) is 18.2 Å². The van der Waals surface area contributed by atoms with Gasteiger partial charge in [0, 0.05) is 16.7 Å². The second-order valence-corrected chi connectivity index (χ2v) is 5.77. The van der Waals surface area contributed by atoms with E-state index in [-0.39, 0.29) is 5.56 Å². The van der Waals surface area contributed by atoms with Gasteiger partial charge in [0.15, 0.2) is 5.65 Å². The van der Waals surface area contributed by atoms with Crippen molar-refractivity contribution < 1.29 is 0 Å². The molecule has 0 aliphatic heterocycles. The first-order valence-electron chi connectivity index (χ1n) is 6.59. The molecule has 0 fully saturated rings. The van der Waals surface area contributed by atoms with E-state index in [1.54, 1.807) is 30.3 Å². The summed E-state index contributed by atoms with van der Waals surface area (Å²) >= 11 is 12.1. The SMILES string of the molecule is O=c1c2ccccc2nc2cc(-c3ccc(Cl)cc3Cl)[nH]n12. The smallest absolute Gasteiger partial charge is 0.280 e. The Bertz CT molecular complexity index is 1080. The van der Waals surface area contributed by atoms with E-state index < -0.39 is 0 Å². The number of nitrogens with zero attached hydrogens (tertiary/aromatic N) is 2. The van der Waals surface area contributed by atoms with Gasteiger partial charge in [-0.2, -0.15) is 0 Å². The zero-order valence-corrected chi connectivity index (χ0v) is 12.7. The fourth-order valence-electron chi connectivity index (χ4n) is 2.48. The summed E-state index contributed by atoms with van der Waals surface area (Å²) in [6.07, 6.45) is 0. The molecular formula is C16H9Cl2N3O. The number of halogens is 2. The third-order valence-electron chi connectivity index (χ3n) is 3.53. The van der Waals surface area contributed by atoms with Gasteiger partial charge in [0.05, 0.1) is 21.6 Å². The minimum absolute atomic E-state index is 0.142. The van der Waals surface area contributed by atoms with Crippen LogP contribution in [0.4, 0.5) is 0 Å². The molecule has 0 bridgehead atoms. The van der Waals surface area contributed by atoms with Crippen LogP contribution >= 0.6 is 23.2 Å². The van der Waals surface area contributed by atoms with Crippen molar-refractivity contribution in [1.82, 2.24) is 14.6 Å². The molecule has 2 heterocycles. The number of aromatic nitrogens is 3. The topological polar surface area (TPSA) is 50.2 Å². The molecule has 1 N–H and O–H groups in total. The van der Waals surface area contributed by atoms with Gasteiger partial charge in [-0.25, -0.2) is 9.50 Å². The van der Waals surface area contributed by atoms with Gasteiger partial charge in [-0.05, 0) is 30.3 Å². The molecule has 0 saturated carbocycles. The van der Waals surface area contributed by atoms with Crippen LogP contribution in [0.5, 0.6) is 0 Å². The molecule has 2 aromatic heterocycles. The molecule has 0 radical (unpaired) electrons. The van der Waals surface area contributed by atoms with Crippen LogP contribution < -0.4 is 5.56 Å². The molecule has 4 rings (SSSR count). The van der Waals surface area contributed by atoms with Crippen LogP contribution in [0.1, 0.15) is 0 Å². The lowest BCUT2D eigenvalue weighted by molar-refractivity contribution is 0.919. The van der Waals surface area contributed by atoms with E-state index in [0.717, 1.165) is 5.56 Å². The van der Waals surface area contributed by atoms with Crippen LogP contribution in [0, 0.1) is 0 Å². The maximum atomic E-state index is 12.5. The summed E-state index contributed by atoms with van der Waals surface area (Å²) in [7, 11) is 0. The summed E-state index contributed by atoms with van der Waals surface area (Å²) in [5.41, 5.74) is 2.54. The second-order valence-electron chi connectivity index (χ2n) is 4.92. The molecule has 0 atom stereocenters. The quantitative estimate of drug-likeness (QED) is 0.570. The lowest BCUT2D eigenvalue weighted by atomic mass is 10.1. The largest absolute Gasteiger partial charge is 0.289 e. The Morgan fingerprint density at radius 2 is 1.86 bits per heavy atom. The molecule has 0 unspecified atom stereocenters. The lowest BCUT2D eigenvalue weighted by Crippen LogP contribution is -2.15. The predicted octanol–water partition coefficient (Wildman–Crippen LogP) is 4.15. The number of H-pyrrole nitrogens is 1. The highest BCUT2D eigenvalue weighted by Crippen LogP contribution is 2.29. The Kier molecular flexibility index (Phi) is 2.96. The number of para-hydroxylation sites is 1. The van der Waals surface area contributed by atoms with Gasteiger partial charge in [-0.3, -0.25) is 9.89 Å². The molecule has 0 saturated heterocycles. The monoisotopic (exact) mass is 329 g/mol. The van der Waals surface area contributed by atoms with E-state index >= 15 is 0 Å². The summed E-state index contributed by atoms with van der Waals surface area (Å²) < 4.78 is 1.42. The first-order chi connectivity index (χ1) is 10.6. The molecule has 0 spiro atoms. The normalized spacial score (nSPS) is 11.4. The lowest BCUT2D eigenvalue weighted by Gasteiger charge is -2.01. The minimum atomic E-state index is -0.142. The number of benzene rings is 2. The third kappa shape index (κ3) is 2.00. The Morgan fingerprint density at radius 1 is 1.05 bits per heavy atom. The van der Waals surface area contributed by atoms with E-state index in [2.05, 4.69) is 10.1 Å². The first-order valence-corrected chi connectivity index (χ1v) is 7.35. The predicted molar refractivity (Wildman–Crippen MR) is 88.8 cm³/mol. The fraction of sp³-hybridized carbons (Fsp3) is 0. The van der Waals surface area contributed by atoms with Crippen LogP contribution in [0.25, 0.3) is 27.8 Å². The van der Waals surface area contributed by atoms with Gasteiger partial charge in [-0.1, -0.05) is 35.3 Å².